The summed E-state index contributed by atoms with van der Waals surface area (Å²) in [6.07, 6.45) is 0.840. The van der Waals surface area contributed by atoms with Crippen molar-refractivity contribution in [2.24, 2.45) is 0 Å². The zero-order valence-electron chi connectivity index (χ0n) is 11.8. The summed E-state index contributed by atoms with van der Waals surface area (Å²) in [6.45, 7) is 2.43. The number of hydrogen-bond acceptors (Lipinski definition) is 5. The number of carbonyl (C=O) groups is 1. The maximum atomic E-state index is 11.5. The van der Waals surface area contributed by atoms with Crippen LogP contribution in [-0.2, 0) is 4.74 Å². The monoisotopic (exact) mass is 286 g/mol. The Morgan fingerprint density at radius 1 is 1.29 bits per heavy atom. The van der Waals surface area contributed by atoms with Gasteiger partial charge in [-0.15, -0.1) is 0 Å². The van der Waals surface area contributed by atoms with Gasteiger partial charge in [-0.3, -0.25) is 0 Å². The molecule has 0 amide bonds. The Balaban J connectivity index is 1.90. The molecule has 1 aromatic carbocycles. The van der Waals surface area contributed by atoms with Crippen molar-refractivity contribution in [3.8, 4) is 0 Å². The molecule has 5 nitrogen and oxygen atoms in total. The van der Waals surface area contributed by atoms with Gasteiger partial charge in [0.25, 0.3) is 0 Å². The number of benzene rings is 1. The fourth-order valence-corrected chi connectivity index (χ4v) is 1.83. The number of nitrogens with one attached hydrogen (secondary N) is 1. The highest BCUT2D eigenvalue weighted by Gasteiger charge is 2.08. The van der Waals surface area contributed by atoms with E-state index in [1.54, 1.807) is 19.1 Å². The standard InChI is InChI=1S/C16H18N2O3/c1-2-21-16(20)13-8-9-15(17-10-13)18-11-14(19)12-6-4-3-5-7-12/h3-10,14,19H,2,11H2,1H3,(H,17,18). The lowest BCUT2D eigenvalue weighted by atomic mass is 10.1. The van der Waals surface area contributed by atoms with E-state index in [1.165, 1.54) is 6.20 Å². The van der Waals surface area contributed by atoms with Crippen molar-refractivity contribution in [2.45, 2.75) is 13.0 Å². The van der Waals surface area contributed by atoms with Crippen molar-refractivity contribution in [3.05, 3.63) is 59.8 Å². The molecule has 2 aromatic rings. The smallest absolute Gasteiger partial charge is 0.339 e. The number of pyridine rings is 1. The molecule has 0 saturated heterocycles. The summed E-state index contributed by atoms with van der Waals surface area (Å²) in [5, 5.41) is 13.1. The summed E-state index contributed by atoms with van der Waals surface area (Å²) in [5.74, 6) is 0.207. The minimum atomic E-state index is -0.613. The first-order valence-corrected chi connectivity index (χ1v) is 6.80. The van der Waals surface area contributed by atoms with Crippen LogP contribution >= 0.6 is 0 Å². The van der Waals surface area contributed by atoms with Gasteiger partial charge in [0.05, 0.1) is 18.3 Å². The molecule has 0 radical (unpaired) electrons. The largest absolute Gasteiger partial charge is 0.462 e. The molecule has 5 heteroatoms. The molecule has 1 heterocycles. The maximum absolute atomic E-state index is 11.5. The third kappa shape index (κ3) is 4.29. The van der Waals surface area contributed by atoms with E-state index in [2.05, 4.69) is 10.3 Å². The van der Waals surface area contributed by atoms with Gasteiger partial charge < -0.3 is 15.2 Å². The second-order valence-electron chi connectivity index (χ2n) is 4.46. The van der Waals surface area contributed by atoms with E-state index in [0.29, 0.717) is 24.5 Å². The minimum Gasteiger partial charge on any atom is -0.462 e. The molecule has 2 N–H and O–H groups in total. The first kappa shape index (κ1) is 15.0. The maximum Gasteiger partial charge on any atom is 0.339 e. The van der Waals surface area contributed by atoms with Crippen LogP contribution in [0.25, 0.3) is 0 Å². The van der Waals surface area contributed by atoms with Crippen molar-refractivity contribution in [1.29, 1.82) is 0 Å². The number of nitrogens with zero attached hydrogens (tertiary/aromatic N) is 1. The first-order chi connectivity index (χ1) is 10.2. The van der Waals surface area contributed by atoms with Crippen molar-refractivity contribution in [1.82, 2.24) is 4.98 Å². The highest BCUT2D eigenvalue weighted by atomic mass is 16.5. The SMILES string of the molecule is CCOC(=O)c1ccc(NCC(O)c2ccccc2)nc1. The third-order valence-electron chi connectivity index (χ3n) is 2.94. The molecular weight excluding hydrogens is 268 g/mol. The van der Waals surface area contributed by atoms with Gasteiger partial charge in [0.15, 0.2) is 0 Å². The molecule has 0 fully saturated rings. The first-order valence-electron chi connectivity index (χ1n) is 6.80. The molecule has 0 saturated carbocycles. The van der Waals surface area contributed by atoms with Crippen molar-refractivity contribution < 1.29 is 14.6 Å². The van der Waals surface area contributed by atoms with Crippen LogP contribution in [0, 0.1) is 0 Å². The van der Waals surface area contributed by atoms with Crippen molar-refractivity contribution in [2.75, 3.05) is 18.5 Å². The summed E-state index contributed by atoms with van der Waals surface area (Å²) < 4.78 is 4.88. The van der Waals surface area contributed by atoms with Crippen LogP contribution in [0.5, 0.6) is 0 Å². The number of ether oxygens (including phenoxy) is 1. The van der Waals surface area contributed by atoms with E-state index in [0.717, 1.165) is 5.56 Å². The highest BCUT2D eigenvalue weighted by molar-refractivity contribution is 5.89. The number of aliphatic hydroxyl groups excluding tert-OH is 1. The molecule has 0 aliphatic heterocycles. The van der Waals surface area contributed by atoms with Gasteiger partial charge in [0, 0.05) is 12.7 Å². The number of anilines is 1. The van der Waals surface area contributed by atoms with E-state index in [9.17, 15) is 9.90 Å². The predicted molar refractivity (Wildman–Crippen MR) is 80.1 cm³/mol. The Kier molecular flexibility index (Phi) is 5.29. The molecule has 0 spiro atoms. The summed E-state index contributed by atoms with van der Waals surface area (Å²) in [6, 6.07) is 12.7. The molecule has 0 aliphatic carbocycles. The fourth-order valence-electron chi connectivity index (χ4n) is 1.83. The second kappa shape index (κ2) is 7.40. The zero-order chi connectivity index (χ0) is 15.1. The van der Waals surface area contributed by atoms with E-state index in [4.69, 9.17) is 4.74 Å². The average molecular weight is 286 g/mol. The average Bonchev–Trinajstić information content (AvgIpc) is 2.54. The van der Waals surface area contributed by atoms with Gasteiger partial charge in [-0.25, -0.2) is 9.78 Å². The molecule has 0 bridgehead atoms. The Hall–Kier alpha value is -2.40. The lowest BCUT2D eigenvalue weighted by molar-refractivity contribution is 0.0526. The Labute approximate surface area is 123 Å². The molecule has 1 atom stereocenters. The molecule has 1 unspecified atom stereocenters. The minimum absolute atomic E-state index is 0.335. The molecule has 2 rings (SSSR count). The summed E-state index contributed by atoms with van der Waals surface area (Å²) in [7, 11) is 0. The predicted octanol–water partition coefficient (Wildman–Crippen LogP) is 2.40. The van der Waals surface area contributed by atoms with Crippen LogP contribution in [0.15, 0.2) is 48.7 Å². The lowest BCUT2D eigenvalue weighted by Gasteiger charge is -2.12. The van der Waals surface area contributed by atoms with Gasteiger partial charge in [-0.2, -0.15) is 0 Å². The van der Waals surface area contributed by atoms with Crippen molar-refractivity contribution >= 4 is 11.8 Å². The summed E-state index contributed by atoms with van der Waals surface area (Å²) >= 11 is 0. The van der Waals surface area contributed by atoms with Gasteiger partial charge in [-0.1, -0.05) is 30.3 Å². The number of carbonyl (C=O) groups excluding carboxylic acids is 1. The van der Waals surface area contributed by atoms with Crippen LogP contribution < -0.4 is 5.32 Å². The Morgan fingerprint density at radius 3 is 2.67 bits per heavy atom. The normalized spacial score (nSPS) is 11.7. The van der Waals surface area contributed by atoms with E-state index in [-0.39, 0.29) is 5.97 Å². The van der Waals surface area contributed by atoms with E-state index < -0.39 is 6.10 Å². The topological polar surface area (TPSA) is 71.5 Å². The number of aromatic nitrogens is 1. The molecule has 21 heavy (non-hydrogen) atoms. The Bertz CT molecular complexity index is 570. The van der Waals surface area contributed by atoms with Crippen LogP contribution in [0.2, 0.25) is 0 Å². The van der Waals surface area contributed by atoms with Crippen molar-refractivity contribution in [3.63, 3.8) is 0 Å². The second-order valence-corrected chi connectivity index (χ2v) is 4.46. The van der Waals surface area contributed by atoms with Crippen LogP contribution in [-0.4, -0.2) is 29.2 Å². The third-order valence-corrected chi connectivity index (χ3v) is 2.94. The van der Waals surface area contributed by atoms with Gasteiger partial charge >= 0.3 is 5.97 Å². The summed E-state index contributed by atoms with van der Waals surface area (Å²) in [4.78, 5) is 15.6. The zero-order valence-corrected chi connectivity index (χ0v) is 11.8. The number of hydrogen-bond donors (Lipinski definition) is 2. The molecule has 1 aromatic heterocycles. The van der Waals surface area contributed by atoms with E-state index >= 15 is 0 Å². The van der Waals surface area contributed by atoms with Gasteiger partial charge in [-0.05, 0) is 24.6 Å². The van der Waals surface area contributed by atoms with E-state index in [1.807, 2.05) is 30.3 Å². The molecule has 110 valence electrons. The van der Waals surface area contributed by atoms with Crippen LogP contribution in [0.1, 0.15) is 28.9 Å². The Morgan fingerprint density at radius 2 is 2.05 bits per heavy atom. The number of esters is 1. The highest BCUT2D eigenvalue weighted by Crippen LogP contribution is 2.13. The van der Waals surface area contributed by atoms with Gasteiger partial charge in [0.2, 0.25) is 0 Å². The number of rotatable bonds is 6. The van der Waals surface area contributed by atoms with Crippen LogP contribution in [0.3, 0.4) is 0 Å². The number of aliphatic hydroxyl groups is 1. The van der Waals surface area contributed by atoms with Gasteiger partial charge in [0.1, 0.15) is 5.82 Å². The molecular formula is C16H18N2O3. The lowest BCUT2D eigenvalue weighted by Crippen LogP contribution is -2.13. The fraction of sp³-hybridized carbons (Fsp3) is 0.250. The molecule has 0 aliphatic rings. The van der Waals surface area contributed by atoms with Crippen LogP contribution in [0.4, 0.5) is 5.82 Å². The quantitative estimate of drug-likeness (QED) is 0.798. The summed E-state index contributed by atoms with van der Waals surface area (Å²) in [5.41, 5.74) is 1.25.